The van der Waals surface area contributed by atoms with Crippen LogP contribution >= 0.6 is 0 Å². The highest BCUT2D eigenvalue weighted by Gasteiger charge is 2.28. The van der Waals surface area contributed by atoms with Gasteiger partial charge in [-0.1, -0.05) is 24.3 Å². The first kappa shape index (κ1) is 20.0. The maximum Gasteiger partial charge on any atom is 0.243 e. The number of hydrogen-bond donors (Lipinski definition) is 0. The molecule has 0 aliphatic carbocycles. The molecule has 2 aromatic carbocycles. The fourth-order valence-electron chi connectivity index (χ4n) is 3.15. The summed E-state index contributed by atoms with van der Waals surface area (Å²) in [5, 5.41) is 0. The van der Waals surface area contributed by atoms with Crippen molar-refractivity contribution in [1.29, 1.82) is 0 Å². The van der Waals surface area contributed by atoms with Crippen LogP contribution in [0.2, 0.25) is 0 Å². The topological polar surface area (TPSA) is 74.8 Å². The summed E-state index contributed by atoms with van der Waals surface area (Å²) in [7, 11) is -5.74. The quantitative estimate of drug-likeness (QED) is 0.736. The van der Waals surface area contributed by atoms with Crippen molar-refractivity contribution in [2.45, 2.75) is 36.1 Å². The molecule has 1 saturated heterocycles. The maximum absolute atomic E-state index is 12.8. The van der Waals surface area contributed by atoms with Crippen molar-refractivity contribution in [2.24, 2.45) is 0 Å². The minimum absolute atomic E-state index is 0.0824. The molecule has 0 radical (unpaired) electrons. The number of hydrogen-bond acceptors (Lipinski definition) is 4. The first-order valence-electron chi connectivity index (χ1n) is 8.84. The standard InChI is InChI=1S/C19H24N2O4S2/c1-16-7-3-4-8-17(16)15-20(2)26(22,23)18-9-11-19(12-10-18)27(24,25)21-13-5-6-14-21/h3-4,7-12H,5-6,13-15H2,1-2H3. The summed E-state index contributed by atoms with van der Waals surface area (Å²) >= 11 is 0. The highest BCUT2D eigenvalue weighted by Crippen LogP contribution is 2.24. The van der Waals surface area contributed by atoms with Crippen LogP contribution in [0, 0.1) is 6.92 Å². The van der Waals surface area contributed by atoms with Crippen LogP contribution in [0.3, 0.4) is 0 Å². The summed E-state index contributed by atoms with van der Waals surface area (Å²) < 4.78 is 53.5. The Hall–Kier alpha value is -1.74. The summed E-state index contributed by atoms with van der Waals surface area (Å²) in [6, 6.07) is 13.1. The molecule has 1 aliphatic heterocycles. The third-order valence-corrected chi connectivity index (χ3v) is 8.62. The zero-order chi connectivity index (χ0) is 19.7. The number of nitrogens with zero attached hydrogens (tertiary/aromatic N) is 2. The zero-order valence-corrected chi connectivity index (χ0v) is 17.1. The number of rotatable bonds is 6. The number of aryl methyl sites for hydroxylation is 1. The van der Waals surface area contributed by atoms with Gasteiger partial charge in [0, 0.05) is 26.7 Å². The molecule has 2 aromatic rings. The second-order valence-corrected chi connectivity index (χ2v) is 10.8. The molecule has 0 bridgehead atoms. The third kappa shape index (κ3) is 4.08. The van der Waals surface area contributed by atoms with E-state index in [0.717, 1.165) is 24.0 Å². The largest absolute Gasteiger partial charge is 0.243 e. The predicted octanol–water partition coefficient (Wildman–Crippen LogP) is 2.60. The van der Waals surface area contributed by atoms with Crippen molar-refractivity contribution < 1.29 is 16.8 Å². The molecule has 27 heavy (non-hydrogen) atoms. The van der Waals surface area contributed by atoms with Crippen molar-refractivity contribution in [1.82, 2.24) is 8.61 Å². The van der Waals surface area contributed by atoms with Gasteiger partial charge in [0.05, 0.1) is 9.79 Å². The van der Waals surface area contributed by atoms with Gasteiger partial charge >= 0.3 is 0 Å². The second-order valence-electron chi connectivity index (χ2n) is 6.77. The van der Waals surface area contributed by atoms with E-state index in [2.05, 4.69) is 0 Å². The van der Waals surface area contributed by atoms with Gasteiger partial charge in [0.1, 0.15) is 0 Å². The molecule has 0 N–H and O–H groups in total. The van der Waals surface area contributed by atoms with Gasteiger partial charge in [0.15, 0.2) is 0 Å². The minimum Gasteiger partial charge on any atom is -0.207 e. The molecule has 1 fully saturated rings. The third-order valence-electron chi connectivity index (χ3n) is 4.89. The SMILES string of the molecule is Cc1ccccc1CN(C)S(=O)(=O)c1ccc(S(=O)(=O)N2CCCC2)cc1. The summed E-state index contributed by atoms with van der Waals surface area (Å²) in [6.45, 7) is 3.22. The van der Waals surface area contributed by atoms with E-state index in [1.165, 1.54) is 39.9 Å². The lowest BCUT2D eigenvalue weighted by molar-refractivity contribution is 0.465. The van der Waals surface area contributed by atoms with Crippen molar-refractivity contribution in [3.63, 3.8) is 0 Å². The average Bonchev–Trinajstić information content (AvgIpc) is 3.19. The molecule has 6 nitrogen and oxygen atoms in total. The maximum atomic E-state index is 12.8. The normalized spacial score (nSPS) is 16.1. The van der Waals surface area contributed by atoms with Crippen LogP contribution in [0.15, 0.2) is 58.3 Å². The Morgan fingerprint density at radius 2 is 1.44 bits per heavy atom. The van der Waals surface area contributed by atoms with Gasteiger partial charge < -0.3 is 0 Å². The van der Waals surface area contributed by atoms with Crippen LogP contribution in [0.5, 0.6) is 0 Å². The molecule has 0 atom stereocenters. The molecule has 0 saturated carbocycles. The molecule has 146 valence electrons. The summed E-state index contributed by atoms with van der Waals surface area (Å²) in [5.41, 5.74) is 1.95. The van der Waals surface area contributed by atoms with E-state index in [4.69, 9.17) is 0 Å². The van der Waals surface area contributed by atoms with Gasteiger partial charge in [-0.25, -0.2) is 16.8 Å². The summed E-state index contributed by atoms with van der Waals surface area (Å²) in [5.74, 6) is 0. The van der Waals surface area contributed by atoms with Gasteiger partial charge in [0.2, 0.25) is 20.0 Å². The Morgan fingerprint density at radius 1 is 0.889 bits per heavy atom. The molecule has 0 unspecified atom stereocenters. The molecule has 1 heterocycles. The van der Waals surface area contributed by atoms with Crippen molar-refractivity contribution in [3.8, 4) is 0 Å². The average molecular weight is 409 g/mol. The molecule has 8 heteroatoms. The van der Waals surface area contributed by atoms with Gasteiger partial charge in [0.25, 0.3) is 0 Å². The summed E-state index contributed by atoms with van der Waals surface area (Å²) in [4.78, 5) is 0.212. The fraction of sp³-hybridized carbons (Fsp3) is 0.368. The highest BCUT2D eigenvalue weighted by molar-refractivity contribution is 7.89. The van der Waals surface area contributed by atoms with E-state index in [1.54, 1.807) is 0 Å². The zero-order valence-electron chi connectivity index (χ0n) is 15.5. The van der Waals surface area contributed by atoms with E-state index >= 15 is 0 Å². The Kier molecular flexibility index (Phi) is 5.71. The molecular weight excluding hydrogens is 384 g/mol. The van der Waals surface area contributed by atoms with Crippen LogP contribution in [0.4, 0.5) is 0 Å². The van der Waals surface area contributed by atoms with Crippen molar-refractivity contribution in [2.75, 3.05) is 20.1 Å². The van der Waals surface area contributed by atoms with Crippen LogP contribution in [0.25, 0.3) is 0 Å². The first-order valence-corrected chi connectivity index (χ1v) is 11.7. The van der Waals surface area contributed by atoms with E-state index in [9.17, 15) is 16.8 Å². The van der Waals surface area contributed by atoms with Gasteiger partial charge in [-0.2, -0.15) is 8.61 Å². The lowest BCUT2D eigenvalue weighted by Crippen LogP contribution is -2.28. The molecule has 0 aromatic heterocycles. The van der Waals surface area contributed by atoms with E-state index in [-0.39, 0.29) is 16.3 Å². The van der Waals surface area contributed by atoms with E-state index in [0.29, 0.717) is 13.1 Å². The van der Waals surface area contributed by atoms with Gasteiger partial charge in [-0.15, -0.1) is 0 Å². The van der Waals surface area contributed by atoms with Crippen LogP contribution in [-0.2, 0) is 26.6 Å². The molecule has 0 spiro atoms. The molecule has 0 amide bonds. The van der Waals surface area contributed by atoms with Crippen molar-refractivity contribution >= 4 is 20.0 Å². The number of sulfonamides is 2. The van der Waals surface area contributed by atoms with E-state index < -0.39 is 20.0 Å². The van der Waals surface area contributed by atoms with Crippen LogP contribution in [0.1, 0.15) is 24.0 Å². The Morgan fingerprint density at radius 3 is 2.04 bits per heavy atom. The van der Waals surface area contributed by atoms with Gasteiger partial charge in [-0.3, -0.25) is 0 Å². The Labute approximate surface area is 161 Å². The highest BCUT2D eigenvalue weighted by atomic mass is 32.2. The summed E-state index contributed by atoms with van der Waals surface area (Å²) in [6.07, 6.45) is 1.71. The lowest BCUT2D eigenvalue weighted by Gasteiger charge is -2.19. The van der Waals surface area contributed by atoms with Crippen molar-refractivity contribution in [3.05, 3.63) is 59.7 Å². The molecule has 3 rings (SSSR count). The smallest absolute Gasteiger partial charge is 0.207 e. The van der Waals surface area contributed by atoms with E-state index in [1.807, 2.05) is 31.2 Å². The Bertz CT molecular complexity index is 1010. The minimum atomic E-state index is -3.71. The van der Waals surface area contributed by atoms with Crippen LogP contribution in [-0.4, -0.2) is 45.6 Å². The number of benzene rings is 2. The monoisotopic (exact) mass is 408 g/mol. The van der Waals surface area contributed by atoms with Gasteiger partial charge in [-0.05, 0) is 55.2 Å². The first-order chi connectivity index (χ1) is 12.7. The molecular formula is C19H24N2O4S2. The fourth-order valence-corrected chi connectivity index (χ4v) is 5.82. The predicted molar refractivity (Wildman–Crippen MR) is 104 cm³/mol. The Balaban J connectivity index is 1.82. The second kappa shape index (κ2) is 7.71. The molecule has 1 aliphatic rings. The lowest BCUT2D eigenvalue weighted by atomic mass is 10.1. The van der Waals surface area contributed by atoms with Crippen LogP contribution < -0.4 is 0 Å².